The molecule has 1 aliphatic heterocycles. The fraction of sp³-hybridized carbons (Fsp3) is 0.462. The highest BCUT2D eigenvalue weighted by Gasteiger charge is 2.62. The maximum atomic E-state index is 12.3. The van der Waals surface area contributed by atoms with Gasteiger partial charge in [-0.3, -0.25) is 4.79 Å². The summed E-state index contributed by atoms with van der Waals surface area (Å²) in [6.45, 7) is 1.97. The van der Waals surface area contributed by atoms with Crippen LogP contribution in [0.4, 0.5) is 0 Å². The Morgan fingerprint density at radius 3 is 2.44 bits per heavy atom. The van der Waals surface area contributed by atoms with E-state index in [-0.39, 0.29) is 6.04 Å². The molecule has 1 aliphatic carbocycles. The Hall–Kier alpha value is -1.20. The van der Waals surface area contributed by atoms with Crippen LogP contribution in [0, 0.1) is 12.8 Å². The first-order chi connectivity index (χ1) is 8.59. The molecule has 0 spiro atoms. The Bertz CT molecular complexity index is 509. The zero-order valence-electron chi connectivity index (χ0n) is 10.1. The summed E-state index contributed by atoms with van der Waals surface area (Å²) in [5, 5.41) is 9.13. The van der Waals surface area contributed by atoms with Crippen molar-refractivity contribution in [3.05, 3.63) is 29.8 Å². The number of hydrogen-bond donors (Lipinski definition) is 1. The van der Waals surface area contributed by atoms with Crippen molar-refractivity contribution in [3.8, 4) is 0 Å². The second-order valence-corrected chi connectivity index (χ2v) is 6.42. The molecule has 0 bridgehead atoms. The van der Waals surface area contributed by atoms with Gasteiger partial charge in [0.15, 0.2) is 0 Å². The summed E-state index contributed by atoms with van der Waals surface area (Å²) < 4.78 is 14.0. The predicted octanol–water partition coefficient (Wildman–Crippen LogP) is 1.57. The van der Waals surface area contributed by atoms with Gasteiger partial charge in [-0.15, -0.1) is 0 Å². The van der Waals surface area contributed by atoms with Crippen molar-refractivity contribution < 1.29 is 14.1 Å². The number of aryl methyl sites for hydroxylation is 1. The van der Waals surface area contributed by atoms with Gasteiger partial charge in [0.2, 0.25) is 0 Å². The van der Waals surface area contributed by atoms with Gasteiger partial charge in [-0.05, 0) is 37.8 Å². The molecule has 1 aromatic rings. The molecule has 1 saturated carbocycles. The molecule has 1 unspecified atom stereocenters. The lowest BCUT2D eigenvalue weighted by Crippen LogP contribution is -2.14. The summed E-state index contributed by atoms with van der Waals surface area (Å²) in [5.74, 6) is -0.423. The lowest BCUT2D eigenvalue weighted by atomic mass is 10.2. The molecule has 1 heterocycles. The van der Waals surface area contributed by atoms with Crippen LogP contribution in [0.1, 0.15) is 18.4 Å². The standard InChI is InChI=1S/C13H15NO3S/c1-8-2-6-10(7-3-8)18(17)14-11(9-4-5-9)12(14)13(15)16/h2-3,6-7,9,11-12H,4-5H2,1H3,(H,15,16)/t11-,12-,14?,18-/m1/s1. The zero-order chi connectivity index (χ0) is 12.9. The van der Waals surface area contributed by atoms with E-state index < -0.39 is 23.0 Å². The molecule has 3 rings (SSSR count). The molecule has 0 radical (unpaired) electrons. The van der Waals surface area contributed by atoms with Gasteiger partial charge < -0.3 is 5.11 Å². The molecule has 2 fully saturated rings. The molecule has 1 aromatic carbocycles. The Kier molecular flexibility index (Phi) is 2.75. The molecule has 1 N–H and O–H groups in total. The number of aliphatic carboxylic acids is 1. The number of nitrogens with zero attached hydrogens (tertiary/aromatic N) is 1. The van der Waals surface area contributed by atoms with E-state index in [9.17, 15) is 9.00 Å². The molecule has 96 valence electrons. The number of carbonyl (C=O) groups is 1. The Balaban J connectivity index is 1.80. The maximum absolute atomic E-state index is 12.3. The molecule has 18 heavy (non-hydrogen) atoms. The third kappa shape index (κ3) is 1.97. The Morgan fingerprint density at radius 2 is 1.94 bits per heavy atom. The quantitative estimate of drug-likeness (QED) is 0.841. The number of carboxylic acids is 1. The van der Waals surface area contributed by atoms with Crippen LogP contribution >= 0.6 is 0 Å². The SMILES string of the molecule is Cc1ccc([S@@](=O)N2[C@H](C3CC3)[C@@H]2C(=O)O)cc1. The summed E-state index contributed by atoms with van der Waals surface area (Å²) in [5.41, 5.74) is 1.11. The predicted molar refractivity (Wildman–Crippen MR) is 67.4 cm³/mol. The van der Waals surface area contributed by atoms with E-state index in [2.05, 4.69) is 0 Å². The van der Waals surface area contributed by atoms with Crippen molar-refractivity contribution >= 4 is 17.0 Å². The average molecular weight is 265 g/mol. The molecule has 0 amide bonds. The fourth-order valence-electron chi connectivity index (χ4n) is 2.38. The normalized spacial score (nSPS) is 31.9. The second-order valence-electron chi connectivity index (χ2n) is 5.03. The van der Waals surface area contributed by atoms with Crippen molar-refractivity contribution in [3.63, 3.8) is 0 Å². The average Bonchev–Trinajstić information content (AvgIpc) is 3.20. The molecule has 4 nitrogen and oxygen atoms in total. The monoisotopic (exact) mass is 265 g/mol. The number of benzene rings is 1. The van der Waals surface area contributed by atoms with Crippen molar-refractivity contribution in [1.82, 2.24) is 4.31 Å². The lowest BCUT2D eigenvalue weighted by Gasteiger charge is -2.04. The Morgan fingerprint density at radius 1 is 1.33 bits per heavy atom. The van der Waals surface area contributed by atoms with Crippen LogP contribution in [0.3, 0.4) is 0 Å². The smallest absolute Gasteiger partial charge is 0.323 e. The number of carboxylic acid groups (broad SMARTS) is 1. The van der Waals surface area contributed by atoms with Crippen LogP contribution in [0.5, 0.6) is 0 Å². The lowest BCUT2D eigenvalue weighted by molar-refractivity contribution is -0.137. The van der Waals surface area contributed by atoms with Gasteiger partial charge in [0, 0.05) is 0 Å². The van der Waals surface area contributed by atoms with Crippen molar-refractivity contribution in [2.75, 3.05) is 0 Å². The van der Waals surface area contributed by atoms with E-state index in [0.29, 0.717) is 10.8 Å². The minimum absolute atomic E-state index is 0.0235. The maximum Gasteiger partial charge on any atom is 0.323 e. The van der Waals surface area contributed by atoms with Crippen LogP contribution in [-0.2, 0) is 15.8 Å². The van der Waals surface area contributed by atoms with Gasteiger partial charge in [0.05, 0.1) is 10.9 Å². The molecule has 5 heteroatoms. The van der Waals surface area contributed by atoms with Crippen LogP contribution in [-0.4, -0.2) is 31.7 Å². The summed E-state index contributed by atoms with van der Waals surface area (Å²) in [7, 11) is -1.34. The van der Waals surface area contributed by atoms with Gasteiger partial charge in [0.25, 0.3) is 0 Å². The first-order valence-electron chi connectivity index (χ1n) is 6.09. The van der Waals surface area contributed by atoms with E-state index in [1.165, 1.54) is 0 Å². The fourth-order valence-corrected chi connectivity index (χ4v) is 3.86. The summed E-state index contributed by atoms with van der Waals surface area (Å²) in [6.07, 6.45) is 2.13. The largest absolute Gasteiger partial charge is 0.480 e. The van der Waals surface area contributed by atoms with Gasteiger partial charge in [-0.25, -0.2) is 4.21 Å². The van der Waals surface area contributed by atoms with E-state index in [4.69, 9.17) is 5.11 Å². The van der Waals surface area contributed by atoms with Crippen molar-refractivity contribution in [2.45, 2.75) is 36.7 Å². The van der Waals surface area contributed by atoms with Crippen LogP contribution in [0.15, 0.2) is 29.2 Å². The van der Waals surface area contributed by atoms with Crippen molar-refractivity contribution in [1.29, 1.82) is 0 Å². The van der Waals surface area contributed by atoms with E-state index in [1.807, 2.05) is 31.2 Å². The molecule has 2 aliphatic rings. The number of hydrogen-bond acceptors (Lipinski definition) is 2. The van der Waals surface area contributed by atoms with Gasteiger partial charge in [-0.1, -0.05) is 17.7 Å². The minimum atomic E-state index is -1.34. The Labute approximate surface area is 108 Å². The summed E-state index contributed by atoms with van der Waals surface area (Å²) in [4.78, 5) is 11.8. The third-order valence-electron chi connectivity index (χ3n) is 3.57. The summed E-state index contributed by atoms with van der Waals surface area (Å²) in [6, 6.07) is 6.85. The topological polar surface area (TPSA) is 57.4 Å². The highest BCUT2D eigenvalue weighted by molar-refractivity contribution is 7.83. The van der Waals surface area contributed by atoms with Crippen LogP contribution < -0.4 is 0 Å². The first-order valence-corrected chi connectivity index (χ1v) is 7.20. The molecular formula is C13H15NO3S. The van der Waals surface area contributed by atoms with Gasteiger partial charge in [-0.2, -0.15) is 4.31 Å². The second kappa shape index (κ2) is 4.17. The zero-order valence-corrected chi connectivity index (χ0v) is 10.9. The van der Waals surface area contributed by atoms with Gasteiger partial charge in [0.1, 0.15) is 17.0 Å². The van der Waals surface area contributed by atoms with Gasteiger partial charge >= 0.3 is 5.97 Å². The first kappa shape index (κ1) is 11.9. The van der Waals surface area contributed by atoms with Crippen LogP contribution in [0.2, 0.25) is 0 Å². The van der Waals surface area contributed by atoms with Crippen molar-refractivity contribution in [2.24, 2.45) is 5.92 Å². The highest BCUT2D eigenvalue weighted by Crippen LogP contribution is 2.48. The van der Waals surface area contributed by atoms with E-state index in [0.717, 1.165) is 18.4 Å². The third-order valence-corrected chi connectivity index (χ3v) is 5.10. The molecular weight excluding hydrogens is 250 g/mol. The molecule has 1 saturated heterocycles. The van der Waals surface area contributed by atoms with E-state index in [1.54, 1.807) is 4.31 Å². The molecule has 0 aromatic heterocycles. The summed E-state index contributed by atoms with van der Waals surface area (Å²) >= 11 is 0. The van der Waals surface area contributed by atoms with Crippen LogP contribution in [0.25, 0.3) is 0 Å². The molecule has 4 atom stereocenters. The van der Waals surface area contributed by atoms with E-state index >= 15 is 0 Å². The minimum Gasteiger partial charge on any atom is -0.480 e. The number of rotatable bonds is 4. The highest BCUT2D eigenvalue weighted by atomic mass is 32.2.